The van der Waals surface area contributed by atoms with Gasteiger partial charge in [0.05, 0.1) is 6.07 Å². The van der Waals surface area contributed by atoms with Crippen molar-refractivity contribution >= 4 is 5.91 Å². The third kappa shape index (κ3) is 2.80. The minimum absolute atomic E-state index is 0.0145. The number of hydrogen-bond donors (Lipinski definition) is 0. The van der Waals surface area contributed by atoms with Gasteiger partial charge in [-0.2, -0.15) is 5.26 Å². The summed E-state index contributed by atoms with van der Waals surface area (Å²) in [5.74, 6) is 0.0145. The fourth-order valence-electron chi connectivity index (χ4n) is 2.23. The number of nitrogens with zero attached hydrogens (tertiary/aromatic N) is 2. The van der Waals surface area contributed by atoms with E-state index < -0.39 is 5.41 Å². The molecule has 0 bridgehead atoms. The molecule has 0 aromatic rings. The number of nitriles is 1. The standard InChI is InChI=1S/C14H24N2O/c1-5-13(3)7-9-16(10-8-13)12(17)14(4,6-2)11-15/h5-10H2,1-4H3. The van der Waals surface area contributed by atoms with Gasteiger partial charge in [0.2, 0.25) is 5.91 Å². The van der Waals surface area contributed by atoms with E-state index in [0.717, 1.165) is 25.9 Å². The smallest absolute Gasteiger partial charge is 0.242 e. The van der Waals surface area contributed by atoms with Gasteiger partial charge in [0.15, 0.2) is 0 Å². The zero-order valence-corrected chi connectivity index (χ0v) is 11.5. The number of carbonyl (C=O) groups excluding carboxylic acids is 1. The van der Waals surface area contributed by atoms with Crippen LogP contribution in [0.4, 0.5) is 0 Å². The van der Waals surface area contributed by atoms with Crippen molar-refractivity contribution in [3.05, 3.63) is 0 Å². The second kappa shape index (κ2) is 5.08. The molecule has 3 nitrogen and oxygen atoms in total. The molecule has 1 aliphatic heterocycles. The molecule has 1 aliphatic rings. The molecule has 3 heteroatoms. The van der Waals surface area contributed by atoms with E-state index in [1.807, 2.05) is 11.8 Å². The lowest BCUT2D eigenvalue weighted by Crippen LogP contribution is -2.47. The lowest BCUT2D eigenvalue weighted by atomic mass is 9.77. The summed E-state index contributed by atoms with van der Waals surface area (Å²) in [6.45, 7) is 9.77. The summed E-state index contributed by atoms with van der Waals surface area (Å²) in [4.78, 5) is 14.2. The molecule has 96 valence electrons. The number of carbonyl (C=O) groups is 1. The van der Waals surface area contributed by atoms with Gasteiger partial charge in [-0.05, 0) is 31.6 Å². The topological polar surface area (TPSA) is 44.1 Å². The fraction of sp³-hybridized carbons (Fsp3) is 0.857. The van der Waals surface area contributed by atoms with Crippen molar-refractivity contribution in [2.75, 3.05) is 13.1 Å². The zero-order valence-electron chi connectivity index (χ0n) is 11.5. The van der Waals surface area contributed by atoms with Crippen LogP contribution in [0, 0.1) is 22.2 Å². The zero-order chi connectivity index (χ0) is 13.1. The van der Waals surface area contributed by atoms with E-state index in [2.05, 4.69) is 19.9 Å². The maximum atomic E-state index is 12.3. The molecule has 0 radical (unpaired) electrons. The predicted molar refractivity (Wildman–Crippen MR) is 68.2 cm³/mol. The van der Waals surface area contributed by atoms with E-state index >= 15 is 0 Å². The summed E-state index contributed by atoms with van der Waals surface area (Å²) < 4.78 is 0. The number of hydrogen-bond acceptors (Lipinski definition) is 2. The minimum Gasteiger partial charge on any atom is -0.341 e. The summed E-state index contributed by atoms with van der Waals surface area (Å²) in [5.41, 5.74) is -0.452. The van der Waals surface area contributed by atoms with E-state index in [-0.39, 0.29) is 5.91 Å². The Hall–Kier alpha value is -1.04. The molecule has 0 saturated carbocycles. The van der Waals surface area contributed by atoms with Crippen LogP contribution in [0.3, 0.4) is 0 Å². The van der Waals surface area contributed by atoms with Gasteiger partial charge in [0.25, 0.3) is 0 Å². The van der Waals surface area contributed by atoms with Gasteiger partial charge in [0.1, 0.15) is 5.41 Å². The number of piperidine rings is 1. The van der Waals surface area contributed by atoms with Gasteiger partial charge >= 0.3 is 0 Å². The molecule has 1 fully saturated rings. The average molecular weight is 236 g/mol. The van der Waals surface area contributed by atoms with Crippen LogP contribution in [-0.2, 0) is 4.79 Å². The van der Waals surface area contributed by atoms with Crippen LogP contribution in [0.2, 0.25) is 0 Å². The molecule has 0 spiro atoms. The van der Waals surface area contributed by atoms with Gasteiger partial charge in [0, 0.05) is 13.1 Å². The summed E-state index contributed by atoms with van der Waals surface area (Å²) in [6.07, 6.45) is 3.86. The fourth-order valence-corrected chi connectivity index (χ4v) is 2.23. The van der Waals surface area contributed by atoms with Crippen LogP contribution < -0.4 is 0 Å². The van der Waals surface area contributed by atoms with E-state index in [0.29, 0.717) is 11.8 Å². The summed E-state index contributed by atoms with van der Waals surface area (Å²) in [6, 6.07) is 2.17. The Bertz CT molecular complexity index is 324. The molecule has 17 heavy (non-hydrogen) atoms. The average Bonchev–Trinajstić information content (AvgIpc) is 2.38. The van der Waals surface area contributed by atoms with Crippen LogP contribution in [0.5, 0.6) is 0 Å². The number of likely N-dealkylation sites (tertiary alicyclic amines) is 1. The summed E-state index contributed by atoms with van der Waals surface area (Å²) in [5, 5.41) is 9.14. The van der Waals surface area contributed by atoms with Crippen molar-refractivity contribution < 1.29 is 4.79 Å². The minimum atomic E-state index is -0.833. The SMILES string of the molecule is CCC1(C)CCN(C(=O)C(C)(C#N)CC)CC1. The lowest BCUT2D eigenvalue weighted by molar-refractivity contribution is -0.140. The highest BCUT2D eigenvalue weighted by atomic mass is 16.2. The van der Waals surface area contributed by atoms with Crippen LogP contribution in [0.15, 0.2) is 0 Å². The molecule has 1 heterocycles. The van der Waals surface area contributed by atoms with Crippen LogP contribution >= 0.6 is 0 Å². The van der Waals surface area contributed by atoms with E-state index in [4.69, 9.17) is 5.26 Å². The molecule has 0 aromatic heterocycles. The number of amides is 1. The van der Waals surface area contributed by atoms with Crippen molar-refractivity contribution in [1.29, 1.82) is 5.26 Å². The normalized spacial score (nSPS) is 22.6. The van der Waals surface area contributed by atoms with Crippen molar-refractivity contribution in [2.24, 2.45) is 10.8 Å². The predicted octanol–water partition coefficient (Wildman–Crippen LogP) is 2.96. The molecule has 1 atom stereocenters. The van der Waals surface area contributed by atoms with Crippen molar-refractivity contribution in [3.63, 3.8) is 0 Å². The Kier molecular flexibility index (Phi) is 4.19. The van der Waals surface area contributed by atoms with Crippen LogP contribution in [0.25, 0.3) is 0 Å². The molecule has 0 aliphatic carbocycles. The Morgan fingerprint density at radius 3 is 2.29 bits per heavy atom. The maximum absolute atomic E-state index is 12.3. The molecular weight excluding hydrogens is 212 g/mol. The first kappa shape index (κ1) is 14.0. The molecule has 1 rings (SSSR count). The first-order valence-corrected chi connectivity index (χ1v) is 6.61. The largest absolute Gasteiger partial charge is 0.341 e. The van der Waals surface area contributed by atoms with E-state index in [1.54, 1.807) is 6.92 Å². The quantitative estimate of drug-likeness (QED) is 0.756. The summed E-state index contributed by atoms with van der Waals surface area (Å²) >= 11 is 0. The molecule has 0 N–H and O–H groups in total. The first-order chi connectivity index (χ1) is 7.90. The maximum Gasteiger partial charge on any atom is 0.242 e. The Balaban J connectivity index is 2.67. The Labute approximate surface area is 105 Å². The molecule has 1 saturated heterocycles. The molecule has 0 aromatic carbocycles. The monoisotopic (exact) mass is 236 g/mol. The van der Waals surface area contributed by atoms with Gasteiger partial charge in [-0.15, -0.1) is 0 Å². The van der Waals surface area contributed by atoms with Gasteiger partial charge < -0.3 is 4.90 Å². The second-order valence-corrected chi connectivity index (χ2v) is 5.75. The molecule has 1 amide bonds. The van der Waals surface area contributed by atoms with Crippen molar-refractivity contribution in [3.8, 4) is 6.07 Å². The van der Waals surface area contributed by atoms with Gasteiger partial charge in [-0.25, -0.2) is 0 Å². The van der Waals surface area contributed by atoms with E-state index in [9.17, 15) is 4.79 Å². The highest BCUT2D eigenvalue weighted by Crippen LogP contribution is 2.35. The Morgan fingerprint density at radius 1 is 1.41 bits per heavy atom. The van der Waals surface area contributed by atoms with E-state index in [1.165, 1.54) is 6.42 Å². The highest BCUT2D eigenvalue weighted by molar-refractivity contribution is 5.85. The molecule has 1 unspecified atom stereocenters. The van der Waals surface area contributed by atoms with Crippen molar-refractivity contribution in [2.45, 2.75) is 53.4 Å². The third-order valence-corrected chi connectivity index (χ3v) is 4.54. The van der Waals surface area contributed by atoms with Gasteiger partial charge in [-0.1, -0.05) is 27.2 Å². The van der Waals surface area contributed by atoms with Crippen LogP contribution in [0.1, 0.15) is 53.4 Å². The van der Waals surface area contributed by atoms with Gasteiger partial charge in [-0.3, -0.25) is 4.79 Å². The Morgan fingerprint density at radius 2 is 1.94 bits per heavy atom. The first-order valence-electron chi connectivity index (χ1n) is 6.61. The highest BCUT2D eigenvalue weighted by Gasteiger charge is 2.38. The van der Waals surface area contributed by atoms with Crippen LogP contribution in [-0.4, -0.2) is 23.9 Å². The summed E-state index contributed by atoms with van der Waals surface area (Å²) in [7, 11) is 0. The second-order valence-electron chi connectivity index (χ2n) is 5.75. The third-order valence-electron chi connectivity index (χ3n) is 4.54. The number of rotatable bonds is 3. The van der Waals surface area contributed by atoms with Crippen molar-refractivity contribution in [1.82, 2.24) is 4.90 Å². The lowest BCUT2D eigenvalue weighted by Gasteiger charge is -2.40. The molecular formula is C14H24N2O.